The summed E-state index contributed by atoms with van der Waals surface area (Å²) >= 11 is 0. The van der Waals surface area contributed by atoms with Crippen molar-refractivity contribution >= 4 is 11.8 Å². The van der Waals surface area contributed by atoms with Crippen LogP contribution in [-0.4, -0.2) is 53.0 Å². The average molecular weight is 290 g/mol. The molecule has 5 nitrogen and oxygen atoms in total. The molecule has 1 N–H and O–H groups in total. The van der Waals surface area contributed by atoms with Crippen molar-refractivity contribution in [2.75, 3.05) is 20.2 Å². The van der Waals surface area contributed by atoms with Crippen LogP contribution in [0, 0.1) is 5.92 Å². The van der Waals surface area contributed by atoms with Gasteiger partial charge in [-0.25, -0.2) is 0 Å². The zero-order chi connectivity index (χ0) is 15.4. The van der Waals surface area contributed by atoms with E-state index in [9.17, 15) is 9.59 Å². The van der Waals surface area contributed by atoms with Crippen LogP contribution in [0.5, 0.6) is 0 Å². The summed E-state index contributed by atoms with van der Waals surface area (Å²) in [7, 11) is 1.67. The standard InChI is InChI=1S/C16H22N2O3/c1-12(11-19)17(2)16(21)14-8-15(20)18(10-14)9-13-6-4-3-5-7-13/h3-7,12,14,19H,8-11H2,1-2H3/t12-,14+/m0/s1. The Kier molecular flexibility index (Phi) is 4.96. The third kappa shape index (κ3) is 3.61. The van der Waals surface area contributed by atoms with Gasteiger partial charge in [0, 0.05) is 26.6 Å². The maximum atomic E-state index is 12.3. The van der Waals surface area contributed by atoms with Crippen LogP contribution in [0.1, 0.15) is 18.9 Å². The van der Waals surface area contributed by atoms with Crippen molar-refractivity contribution in [2.45, 2.75) is 25.9 Å². The van der Waals surface area contributed by atoms with E-state index in [1.54, 1.807) is 18.9 Å². The molecule has 1 saturated heterocycles. The van der Waals surface area contributed by atoms with E-state index in [0.29, 0.717) is 13.1 Å². The van der Waals surface area contributed by atoms with Gasteiger partial charge >= 0.3 is 0 Å². The number of rotatable bonds is 5. The van der Waals surface area contributed by atoms with E-state index in [0.717, 1.165) is 5.56 Å². The van der Waals surface area contributed by atoms with Gasteiger partial charge in [-0.1, -0.05) is 30.3 Å². The Bertz CT molecular complexity index is 504. The molecule has 0 aliphatic carbocycles. The van der Waals surface area contributed by atoms with E-state index in [2.05, 4.69) is 0 Å². The first kappa shape index (κ1) is 15.5. The fraction of sp³-hybridized carbons (Fsp3) is 0.500. The van der Waals surface area contributed by atoms with E-state index in [4.69, 9.17) is 5.11 Å². The van der Waals surface area contributed by atoms with Gasteiger partial charge in [0.2, 0.25) is 11.8 Å². The smallest absolute Gasteiger partial charge is 0.228 e. The molecule has 2 amide bonds. The van der Waals surface area contributed by atoms with Crippen LogP contribution >= 0.6 is 0 Å². The minimum Gasteiger partial charge on any atom is -0.394 e. The molecule has 1 aliphatic heterocycles. The monoisotopic (exact) mass is 290 g/mol. The number of aliphatic hydroxyl groups is 1. The van der Waals surface area contributed by atoms with Gasteiger partial charge in [0.15, 0.2) is 0 Å². The van der Waals surface area contributed by atoms with Gasteiger partial charge in [0.1, 0.15) is 0 Å². The number of nitrogens with zero attached hydrogens (tertiary/aromatic N) is 2. The van der Waals surface area contributed by atoms with E-state index < -0.39 is 0 Å². The van der Waals surface area contributed by atoms with Crippen molar-refractivity contribution in [3.8, 4) is 0 Å². The summed E-state index contributed by atoms with van der Waals surface area (Å²) in [5, 5.41) is 9.12. The van der Waals surface area contributed by atoms with Crippen LogP contribution in [0.25, 0.3) is 0 Å². The van der Waals surface area contributed by atoms with E-state index in [-0.39, 0.29) is 36.8 Å². The first-order chi connectivity index (χ1) is 10.0. The molecule has 5 heteroatoms. The molecular weight excluding hydrogens is 268 g/mol. The predicted molar refractivity (Wildman–Crippen MR) is 79.3 cm³/mol. The van der Waals surface area contributed by atoms with Gasteiger partial charge in [-0.05, 0) is 12.5 Å². The van der Waals surface area contributed by atoms with Crippen molar-refractivity contribution in [3.05, 3.63) is 35.9 Å². The highest BCUT2D eigenvalue weighted by atomic mass is 16.3. The zero-order valence-electron chi connectivity index (χ0n) is 12.5. The molecule has 0 bridgehead atoms. The molecule has 0 saturated carbocycles. The van der Waals surface area contributed by atoms with Gasteiger partial charge in [-0.2, -0.15) is 0 Å². The Morgan fingerprint density at radius 2 is 2.10 bits per heavy atom. The molecule has 1 heterocycles. The number of carbonyl (C=O) groups excluding carboxylic acids is 2. The van der Waals surface area contributed by atoms with E-state index in [1.807, 2.05) is 30.3 Å². The van der Waals surface area contributed by atoms with Crippen molar-refractivity contribution in [2.24, 2.45) is 5.92 Å². The first-order valence-corrected chi connectivity index (χ1v) is 7.22. The molecule has 2 rings (SSSR count). The van der Waals surface area contributed by atoms with Gasteiger partial charge in [-0.3, -0.25) is 9.59 Å². The topological polar surface area (TPSA) is 60.9 Å². The number of likely N-dealkylation sites (tertiary alicyclic amines) is 1. The Morgan fingerprint density at radius 1 is 1.43 bits per heavy atom. The summed E-state index contributed by atoms with van der Waals surface area (Å²) in [5.41, 5.74) is 1.07. The number of carbonyl (C=O) groups is 2. The third-order valence-electron chi connectivity index (χ3n) is 4.05. The third-order valence-corrected chi connectivity index (χ3v) is 4.05. The minimum absolute atomic E-state index is 0.0160. The molecule has 0 unspecified atom stereocenters. The van der Waals surface area contributed by atoms with Gasteiger partial charge in [0.25, 0.3) is 0 Å². The summed E-state index contributed by atoms with van der Waals surface area (Å²) in [6, 6.07) is 9.54. The Hall–Kier alpha value is -1.88. The first-order valence-electron chi connectivity index (χ1n) is 7.22. The van der Waals surface area contributed by atoms with Crippen LogP contribution in [0.2, 0.25) is 0 Å². The van der Waals surface area contributed by atoms with Crippen LogP contribution in [0.15, 0.2) is 30.3 Å². The molecule has 21 heavy (non-hydrogen) atoms. The maximum Gasteiger partial charge on any atom is 0.228 e. The quantitative estimate of drug-likeness (QED) is 0.875. The molecule has 2 atom stereocenters. The Labute approximate surface area is 125 Å². The van der Waals surface area contributed by atoms with Crippen LogP contribution < -0.4 is 0 Å². The number of likely N-dealkylation sites (N-methyl/N-ethyl adjacent to an activating group) is 1. The number of aliphatic hydroxyl groups excluding tert-OH is 1. The van der Waals surface area contributed by atoms with Crippen LogP contribution in [0.3, 0.4) is 0 Å². The largest absolute Gasteiger partial charge is 0.394 e. The molecule has 1 aromatic carbocycles. The Balaban J connectivity index is 1.98. The average Bonchev–Trinajstić information content (AvgIpc) is 2.87. The lowest BCUT2D eigenvalue weighted by Crippen LogP contribution is -2.41. The summed E-state index contributed by atoms with van der Waals surface area (Å²) in [6.45, 7) is 2.71. The fourth-order valence-corrected chi connectivity index (χ4v) is 2.52. The van der Waals surface area contributed by atoms with Crippen molar-refractivity contribution in [1.29, 1.82) is 0 Å². The predicted octanol–water partition coefficient (Wildman–Crippen LogP) is 0.874. The number of hydrogen-bond acceptors (Lipinski definition) is 3. The molecule has 1 aromatic rings. The fourth-order valence-electron chi connectivity index (χ4n) is 2.52. The Morgan fingerprint density at radius 3 is 2.71 bits per heavy atom. The highest BCUT2D eigenvalue weighted by Gasteiger charge is 2.36. The molecule has 0 radical (unpaired) electrons. The second kappa shape index (κ2) is 6.72. The van der Waals surface area contributed by atoms with Crippen molar-refractivity contribution in [3.63, 3.8) is 0 Å². The summed E-state index contributed by atoms with van der Waals surface area (Å²) < 4.78 is 0. The van der Waals surface area contributed by atoms with E-state index >= 15 is 0 Å². The SMILES string of the molecule is C[C@@H](CO)N(C)C(=O)[C@@H]1CC(=O)N(Cc2ccccc2)C1. The molecular formula is C16H22N2O3. The second-order valence-corrected chi connectivity index (χ2v) is 5.64. The lowest BCUT2D eigenvalue weighted by molar-refractivity contribution is -0.137. The molecule has 1 aliphatic rings. The molecule has 0 spiro atoms. The second-order valence-electron chi connectivity index (χ2n) is 5.64. The molecule has 0 aromatic heterocycles. The number of amides is 2. The molecule has 114 valence electrons. The highest BCUT2D eigenvalue weighted by molar-refractivity contribution is 5.89. The zero-order valence-corrected chi connectivity index (χ0v) is 12.5. The lowest BCUT2D eigenvalue weighted by Gasteiger charge is -2.26. The van der Waals surface area contributed by atoms with E-state index in [1.165, 1.54) is 4.90 Å². The van der Waals surface area contributed by atoms with Gasteiger partial charge in [0.05, 0.1) is 18.6 Å². The maximum absolute atomic E-state index is 12.3. The molecule has 1 fully saturated rings. The number of hydrogen-bond donors (Lipinski definition) is 1. The number of benzene rings is 1. The minimum atomic E-state index is -0.305. The van der Waals surface area contributed by atoms with Crippen LogP contribution in [0.4, 0.5) is 0 Å². The van der Waals surface area contributed by atoms with Gasteiger partial charge in [-0.15, -0.1) is 0 Å². The van der Waals surface area contributed by atoms with Crippen LogP contribution in [-0.2, 0) is 16.1 Å². The summed E-state index contributed by atoms with van der Waals surface area (Å²) in [4.78, 5) is 27.6. The summed E-state index contributed by atoms with van der Waals surface area (Å²) in [5.74, 6) is -0.358. The van der Waals surface area contributed by atoms with Crippen molar-refractivity contribution in [1.82, 2.24) is 9.80 Å². The highest BCUT2D eigenvalue weighted by Crippen LogP contribution is 2.22. The summed E-state index contributed by atoms with van der Waals surface area (Å²) in [6.07, 6.45) is 0.258. The van der Waals surface area contributed by atoms with Gasteiger partial charge < -0.3 is 14.9 Å². The lowest BCUT2D eigenvalue weighted by atomic mass is 10.1. The van der Waals surface area contributed by atoms with Crippen molar-refractivity contribution < 1.29 is 14.7 Å². The normalized spacial score (nSPS) is 19.7.